The van der Waals surface area contributed by atoms with Crippen molar-refractivity contribution in [2.24, 2.45) is 5.41 Å². The predicted octanol–water partition coefficient (Wildman–Crippen LogP) is 4.29. The summed E-state index contributed by atoms with van der Waals surface area (Å²) in [4.78, 5) is 12.1. The van der Waals surface area contributed by atoms with E-state index >= 15 is 0 Å². The van der Waals surface area contributed by atoms with E-state index < -0.39 is 12.6 Å². The molecule has 2 aliphatic rings. The van der Waals surface area contributed by atoms with Gasteiger partial charge in [0, 0.05) is 42.1 Å². The molecule has 0 aliphatic carbocycles. The lowest BCUT2D eigenvalue weighted by atomic mass is 9.72. The second-order valence-electron chi connectivity index (χ2n) is 9.90. The molecule has 7 nitrogen and oxygen atoms in total. The SMILES string of the molecule is N#Cc1cc2cc(CN3CCC4(CC3)CN(c3ncnn5cc(CC(F)(F)F)cc35)C4)ccc2[nH]1. The van der Waals surface area contributed by atoms with E-state index in [4.69, 9.17) is 5.26 Å². The van der Waals surface area contributed by atoms with Gasteiger partial charge in [-0.1, -0.05) is 6.07 Å². The molecular weight excluding hydrogens is 455 g/mol. The van der Waals surface area contributed by atoms with Crippen molar-refractivity contribution in [1.82, 2.24) is 24.5 Å². The number of benzene rings is 1. The van der Waals surface area contributed by atoms with Gasteiger partial charge in [-0.25, -0.2) is 9.50 Å². The van der Waals surface area contributed by atoms with Crippen molar-refractivity contribution >= 4 is 22.2 Å². The van der Waals surface area contributed by atoms with E-state index in [0.29, 0.717) is 17.0 Å². The zero-order valence-electron chi connectivity index (χ0n) is 19.0. The van der Waals surface area contributed by atoms with Crippen molar-refractivity contribution in [2.45, 2.75) is 32.0 Å². The Hall–Kier alpha value is -3.58. The predicted molar refractivity (Wildman–Crippen MR) is 125 cm³/mol. The van der Waals surface area contributed by atoms with Gasteiger partial charge < -0.3 is 9.88 Å². The molecule has 0 bridgehead atoms. The second kappa shape index (κ2) is 7.99. The van der Waals surface area contributed by atoms with Crippen LogP contribution in [0, 0.1) is 16.7 Å². The number of H-pyrrole nitrogens is 1. The third kappa shape index (κ3) is 4.21. The molecule has 3 aromatic heterocycles. The lowest BCUT2D eigenvalue weighted by molar-refractivity contribution is -0.127. The van der Waals surface area contributed by atoms with Crippen molar-refractivity contribution in [3.05, 3.63) is 59.7 Å². The van der Waals surface area contributed by atoms with Gasteiger partial charge >= 0.3 is 6.18 Å². The monoisotopic (exact) mass is 479 g/mol. The second-order valence-corrected chi connectivity index (χ2v) is 9.90. The third-order valence-corrected chi connectivity index (χ3v) is 7.33. The van der Waals surface area contributed by atoms with E-state index in [1.807, 2.05) is 12.1 Å². The molecule has 2 saturated heterocycles. The van der Waals surface area contributed by atoms with Crippen molar-refractivity contribution in [3.8, 4) is 6.07 Å². The summed E-state index contributed by atoms with van der Waals surface area (Å²) in [6, 6.07) is 11.9. The quantitative estimate of drug-likeness (QED) is 0.473. The minimum Gasteiger partial charge on any atom is -0.354 e. The van der Waals surface area contributed by atoms with Crippen LogP contribution in [0.4, 0.5) is 19.0 Å². The molecular formula is C25H24F3N7. The molecule has 10 heteroatoms. The molecule has 0 saturated carbocycles. The number of anilines is 1. The minimum atomic E-state index is -4.25. The van der Waals surface area contributed by atoms with Crippen LogP contribution in [0.15, 0.2) is 42.9 Å². The number of hydrogen-bond acceptors (Lipinski definition) is 5. The first kappa shape index (κ1) is 21.9. The topological polar surface area (TPSA) is 76.2 Å². The smallest absolute Gasteiger partial charge is 0.354 e. The molecule has 0 amide bonds. The molecule has 0 atom stereocenters. The summed E-state index contributed by atoms with van der Waals surface area (Å²) < 4.78 is 40.0. The summed E-state index contributed by atoms with van der Waals surface area (Å²) in [5.41, 5.74) is 3.84. The fourth-order valence-electron chi connectivity index (χ4n) is 5.56. The zero-order valence-corrected chi connectivity index (χ0v) is 19.0. The molecule has 1 aromatic carbocycles. The molecule has 0 radical (unpaired) electrons. The largest absolute Gasteiger partial charge is 0.393 e. The lowest BCUT2D eigenvalue weighted by Gasteiger charge is -2.54. The van der Waals surface area contributed by atoms with Crippen LogP contribution in [0.2, 0.25) is 0 Å². The van der Waals surface area contributed by atoms with Gasteiger partial charge in [0.2, 0.25) is 0 Å². The molecule has 1 N–H and O–H groups in total. The van der Waals surface area contributed by atoms with Gasteiger partial charge in [-0.2, -0.15) is 23.5 Å². The normalized spacial score (nSPS) is 18.3. The molecule has 35 heavy (non-hydrogen) atoms. The van der Waals surface area contributed by atoms with Crippen LogP contribution in [-0.2, 0) is 13.0 Å². The minimum absolute atomic E-state index is 0.199. The van der Waals surface area contributed by atoms with Crippen molar-refractivity contribution < 1.29 is 13.2 Å². The fraction of sp³-hybridized carbons (Fsp3) is 0.400. The van der Waals surface area contributed by atoms with E-state index in [-0.39, 0.29) is 11.0 Å². The van der Waals surface area contributed by atoms with Gasteiger partial charge in [-0.3, -0.25) is 4.90 Å². The van der Waals surface area contributed by atoms with E-state index in [2.05, 4.69) is 43.1 Å². The number of aromatic amines is 1. The van der Waals surface area contributed by atoms with Gasteiger partial charge in [-0.05, 0) is 61.3 Å². The molecule has 2 fully saturated rings. The summed E-state index contributed by atoms with van der Waals surface area (Å²) in [5, 5.41) is 14.2. The van der Waals surface area contributed by atoms with Crippen molar-refractivity contribution in [2.75, 3.05) is 31.1 Å². The highest BCUT2D eigenvalue weighted by Gasteiger charge is 2.45. The lowest BCUT2D eigenvalue weighted by Crippen LogP contribution is -2.60. The summed E-state index contributed by atoms with van der Waals surface area (Å²) in [7, 11) is 0. The number of halogens is 3. The van der Waals surface area contributed by atoms with Gasteiger partial charge in [0.1, 0.15) is 23.6 Å². The molecule has 2 aliphatic heterocycles. The first-order valence-electron chi connectivity index (χ1n) is 11.7. The number of piperidine rings is 1. The number of alkyl halides is 3. The van der Waals surface area contributed by atoms with Crippen LogP contribution < -0.4 is 4.90 Å². The Kier molecular flexibility index (Phi) is 5.00. The maximum Gasteiger partial charge on any atom is 0.393 e. The highest BCUT2D eigenvalue weighted by Crippen LogP contribution is 2.43. The number of hydrogen-bond donors (Lipinski definition) is 1. The highest BCUT2D eigenvalue weighted by molar-refractivity contribution is 5.82. The summed E-state index contributed by atoms with van der Waals surface area (Å²) in [6.07, 6.45) is -0.207. The standard InChI is InChI=1S/C25H24F3N7/c26-25(27,28)10-18-8-22-23(30-16-31-35(22)13-18)34-14-24(15-34)3-5-33(6-4-24)12-17-1-2-21-19(7-17)9-20(11-29)32-21/h1-2,7-9,13,16,32H,3-6,10,12,14-15H2. The Morgan fingerprint density at radius 3 is 2.63 bits per heavy atom. The maximum absolute atomic E-state index is 12.8. The Morgan fingerprint density at radius 2 is 1.89 bits per heavy atom. The Balaban J connectivity index is 1.09. The van der Waals surface area contributed by atoms with E-state index in [0.717, 1.165) is 56.5 Å². The van der Waals surface area contributed by atoms with Crippen LogP contribution in [0.5, 0.6) is 0 Å². The average molecular weight is 480 g/mol. The summed E-state index contributed by atoms with van der Waals surface area (Å²) in [5.74, 6) is 0.707. The van der Waals surface area contributed by atoms with Crippen LogP contribution in [-0.4, -0.2) is 56.8 Å². The Labute approximate surface area is 199 Å². The first-order valence-corrected chi connectivity index (χ1v) is 11.7. The number of fused-ring (bicyclic) bond motifs is 2. The third-order valence-electron chi connectivity index (χ3n) is 7.33. The van der Waals surface area contributed by atoms with Crippen molar-refractivity contribution in [1.29, 1.82) is 5.26 Å². The number of nitrogens with zero attached hydrogens (tertiary/aromatic N) is 6. The highest BCUT2D eigenvalue weighted by atomic mass is 19.4. The van der Waals surface area contributed by atoms with Gasteiger partial charge in [0.25, 0.3) is 0 Å². The molecule has 4 aromatic rings. The Morgan fingerprint density at radius 1 is 1.09 bits per heavy atom. The van der Waals surface area contributed by atoms with Crippen LogP contribution in [0.25, 0.3) is 16.4 Å². The number of likely N-dealkylation sites (tertiary alicyclic amines) is 1. The summed E-state index contributed by atoms with van der Waals surface area (Å²) in [6.45, 7) is 4.60. The first-order chi connectivity index (χ1) is 16.8. The van der Waals surface area contributed by atoms with Gasteiger partial charge in [0.15, 0.2) is 5.82 Å². The van der Waals surface area contributed by atoms with Gasteiger partial charge in [0.05, 0.1) is 6.42 Å². The summed E-state index contributed by atoms with van der Waals surface area (Å²) >= 11 is 0. The van der Waals surface area contributed by atoms with Crippen LogP contribution in [0.3, 0.4) is 0 Å². The molecule has 180 valence electrons. The van der Waals surface area contributed by atoms with Crippen LogP contribution in [0.1, 0.15) is 29.7 Å². The van der Waals surface area contributed by atoms with Crippen molar-refractivity contribution in [3.63, 3.8) is 0 Å². The zero-order chi connectivity index (χ0) is 24.2. The number of rotatable bonds is 4. The fourth-order valence-corrected chi connectivity index (χ4v) is 5.56. The number of nitriles is 1. The average Bonchev–Trinajstić information content (AvgIpc) is 3.39. The molecule has 0 unspecified atom stereocenters. The molecule has 5 heterocycles. The maximum atomic E-state index is 12.8. The van der Waals surface area contributed by atoms with E-state index in [1.54, 1.807) is 6.07 Å². The van der Waals surface area contributed by atoms with E-state index in [1.165, 1.54) is 22.6 Å². The van der Waals surface area contributed by atoms with E-state index in [9.17, 15) is 13.2 Å². The Bertz CT molecular complexity index is 1430. The van der Waals surface area contributed by atoms with Gasteiger partial charge in [-0.15, -0.1) is 0 Å². The number of nitrogens with one attached hydrogen (secondary N) is 1. The molecule has 6 rings (SSSR count). The molecule has 1 spiro atoms. The number of aromatic nitrogens is 4. The van der Waals surface area contributed by atoms with Crippen LogP contribution >= 0.6 is 0 Å².